The minimum Gasteiger partial charge on any atom is -0.378 e. The summed E-state index contributed by atoms with van der Waals surface area (Å²) in [5, 5.41) is 1.95. The molecule has 2 aliphatic heterocycles. The quantitative estimate of drug-likeness (QED) is 0.0299. The van der Waals surface area contributed by atoms with E-state index in [1.807, 2.05) is 26.2 Å². The highest BCUT2D eigenvalue weighted by molar-refractivity contribution is 9.10. The van der Waals surface area contributed by atoms with Gasteiger partial charge in [0.2, 0.25) is 20.0 Å². The van der Waals surface area contributed by atoms with E-state index in [1.54, 1.807) is 36.4 Å². The van der Waals surface area contributed by atoms with Gasteiger partial charge in [-0.25, -0.2) is 35.9 Å². The number of rotatable bonds is 26. The van der Waals surface area contributed by atoms with Crippen LogP contribution in [0, 0.1) is 0 Å². The van der Waals surface area contributed by atoms with Crippen LogP contribution >= 0.6 is 62.3 Å². The summed E-state index contributed by atoms with van der Waals surface area (Å²) in [5.41, 5.74) is 4.14. The number of halogens is 11. The molecule has 20 nitrogen and oxygen atoms in total. The van der Waals surface area contributed by atoms with Gasteiger partial charge in [0.25, 0.3) is 11.8 Å². The molecule has 2 atom stereocenters. The maximum Gasteiger partial charge on any atom is 0.493 e. The Morgan fingerprint density at radius 2 is 0.888 bits per heavy atom. The predicted octanol–water partition coefficient (Wildman–Crippen LogP) is 9.17. The average Bonchev–Trinajstić information content (AvgIpc) is 3.65. The van der Waals surface area contributed by atoms with Crippen LogP contribution in [0.5, 0.6) is 0 Å². The van der Waals surface area contributed by atoms with Crippen molar-refractivity contribution in [2.75, 3.05) is 106 Å². The fourth-order valence-electron chi connectivity index (χ4n) is 9.43. The van der Waals surface area contributed by atoms with Crippen molar-refractivity contribution < 1.29 is 91.0 Å². The molecule has 2 aliphatic rings. The number of carbonyl (C=O) groups is 4. The zero-order chi connectivity index (χ0) is 65.0. The van der Waals surface area contributed by atoms with Crippen LogP contribution in [-0.2, 0) is 71.3 Å². The van der Waals surface area contributed by atoms with E-state index in [1.165, 1.54) is 24.3 Å². The third-order valence-corrected chi connectivity index (χ3v) is 18.1. The van der Waals surface area contributed by atoms with Crippen LogP contribution in [0.1, 0.15) is 65.9 Å². The molecule has 0 fully saturated rings. The van der Waals surface area contributed by atoms with Gasteiger partial charge in [-0.3, -0.25) is 9.59 Å². The number of nitrogens with zero attached hydrogens (tertiary/aromatic N) is 4. The van der Waals surface area contributed by atoms with Crippen molar-refractivity contribution in [2.45, 2.75) is 47.1 Å². The Morgan fingerprint density at radius 3 is 1.24 bits per heavy atom. The molecule has 7 rings (SSSR count). The van der Waals surface area contributed by atoms with Crippen molar-refractivity contribution in [1.29, 1.82) is 0 Å². The number of sulfonamides is 2. The Hall–Kier alpha value is -5.22. The lowest BCUT2D eigenvalue weighted by Crippen LogP contribution is -2.41. The lowest BCUT2D eigenvalue weighted by molar-refractivity contribution is -0.229. The maximum atomic E-state index is 13.7. The van der Waals surface area contributed by atoms with Crippen LogP contribution < -0.4 is 9.44 Å². The molecular formula is C56H57BrCl4F6N6O14S2. The average molecular weight is 1440 g/mol. The van der Waals surface area contributed by atoms with Gasteiger partial charge in [0.05, 0.1) is 75.7 Å². The van der Waals surface area contributed by atoms with Crippen LogP contribution in [0.4, 0.5) is 26.3 Å². The molecule has 0 saturated carbocycles. The monoisotopic (exact) mass is 1430 g/mol. The third kappa shape index (κ3) is 19.9. The van der Waals surface area contributed by atoms with Crippen molar-refractivity contribution in [3.63, 3.8) is 0 Å². The highest BCUT2D eigenvalue weighted by Gasteiger charge is 2.45. The first-order valence-corrected chi connectivity index (χ1v) is 32.0. The van der Waals surface area contributed by atoms with Gasteiger partial charge < -0.3 is 38.4 Å². The van der Waals surface area contributed by atoms with Gasteiger partial charge in [0, 0.05) is 86.8 Å². The second-order valence-electron chi connectivity index (χ2n) is 20.1. The topological polar surface area (TPSA) is 229 Å². The first kappa shape index (κ1) is 71.2. The lowest BCUT2D eigenvalue weighted by Gasteiger charge is -2.33. The Bertz CT molecular complexity index is 3360. The summed E-state index contributed by atoms with van der Waals surface area (Å²) in [4.78, 5) is 64.0. The minimum absolute atomic E-state index is 0.0154. The molecule has 5 aromatic carbocycles. The van der Waals surface area contributed by atoms with E-state index in [9.17, 15) is 62.4 Å². The Kier molecular flexibility index (Phi) is 25.1. The number of likely N-dealkylation sites (N-methyl/N-ethyl adjacent to an activating group) is 2. The molecule has 0 aromatic heterocycles. The van der Waals surface area contributed by atoms with Gasteiger partial charge in [-0.05, 0) is 114 Å². The number of amides is 2. The second-order valence-corrected chi connectivity index (χ2v) is 26.2. The summed E-state index contributed by atoms with van der Waals surface area (Å²) in [6, 6.07) is 22.4. The van der Waals surface area contributed by atoms with E-state index in [0.29, 0.717) is 52.3 Å². The van der Waals surface area contributed by atoms with Gasteiger partial charge in [-0.1, -0.05) is 86.6 Å². The number of alkyl halides is 6. The van der Waals surface area contributed by atoms with E-state index in [2.05, 4.69) is 44.8 Å². The van der Waals surface area contributed by atoms with Crippen molar-refractivity contribution in [3.05, 3.63) is 160 Å². The number of hydroxylamine groups is 4. The minimum atomic E-state index is -5.61. The largest absolute Gasteiger partial charge is 0.493 e. The zero-order valence-electron chi connectivity index (χ0n) is 47.1. The fourth-order valence-corrected chi connectivity index (χ4v) is 13.1. The zero-order valence-corrected chi connectivity index (χ0v) is 53.3. The predicted molar refractivity (Wildman–Crippen MR) is 316 cm³/mol. The Balaban J connectivity index is 0.857. The Labute approximate surface area is 536 Å². The molecule has 0 aliphatic carbocycles. The Morgan fingerprint density at radius 1 is 0.539 bits per heavy atom. The molecule has 0 radical (unpaired) electrons. The van der Waals surface area contributed by atoms with Crippen molar-refractivity contribution in [1.82, 2.24) is 29.4 Å². The molecule has 2 N–H and O–H groups in total. The molecule has 33 heteroatoms. The third-order valence-electron chi connectivity index (χ3n) is 13.6. The first-order valence-electron chi connectivity index (χ1n) is 26.8. The van der Waals surface area contributed by atoms with Crippen molar-refractivity contribution in [3.8, 4) is 0 Å². The number of ether oxygens (including phenoxy) is 4. The highest BCUT2D eigenvalue weighted by Crippen LogP contribution is 2.40. The van der Waals surface area contributed by atoms with E-state index in [0.717, 1.165) is 45.5 Å². The second kappa shape index (κ2) is 31.4. The molecule has 0 saturated heterocycles. The van der Waals surface area contributed by atoms with E-state index < -0.39 is 93.6 Å². The van der Waals surface area contributed by atoms with E-state index in [-0.39, 0.29) is 89.0 Å². The molecule has 0 spiro atoms. The molecule has 2 heterocycles. The van der Waals surface area contributed by atoms with Crippen LogP contribution in [-0.4, -0.2) is 179 Å². The normalized spacial score (nSPS) is 15.7. The molecular weight excluding hydrogens is 1380 g/mol. The standard InChI is InChI=1S/C56H57BrCl4F6N6O14S2/c1-70-30-45(43-26-39(58)28-49(60)47(43)32-70)34-3-7-41(8-4-34)88(78,79)68-11-15-82-19-21-84-17-13-72(86-53(76)55(62,63)64)51(74)36-23-37(25-38(57)24-36)52(75)73(87-54(77)56(65,66)67)14-18-85-22-20-83-16-12-69-89(80,81)42-9-5-35(6-10-42)46-31-71(2)33-48-44(46)27-40(59)29-50(48)61/h3-10,23-29,45-46,68-69H,11-22,30-33H2,1-2H3. The van der Waals surface area contributed by atoms with Crippen LogP contribution in [0.3, 0.4) is 0 Å². The van der Waals surface area contributed by atoms with Gasteiger partial charge in [0.1, 0.15) is 0 Å². The number of fused-ring (bicyclic) bond motifs is 2. The van der Waals surface area contributed by atoms with Gasteiger partial charge in [-0.15, -0.1) is 0 Å². The summed E-state index contributed by atoms with van der Waals surface area (Å²) in [6.07, 6.45) is -11.2. The number of hydrogen-bond donors (Lipinski definition) is 2. The summed E-state index contributed by atoms with van der Waals surface area (Å²) >= 11 is 28.6. The summed E-state index contributed by atoms with van der Waals surface area (Å²) in [6.45, 7) is -1.92. The molecule has 89 heavy (non-hydrogen) atoms. The highest BCUT2D eigenvalue weighted by atomic mass is 79.9. The van der Waals surface area contributed by atoms with Gasteiger partial charge in [0.15, 0.2) is 0 Å². The number of hydrogen-bond acceptors (Lipinski definition) is 16. The smallest absolute Gasteiger partial charge is 0.378 e. The lowest BCUT2D eigenvalue weighted by atomic mass is 9.85. The summed E-state index contributed by atoms with van der Waals surface area (Å²) < 4.78 is 159. The van der Waals surface area contributed by atoms with Crippen LogP contribution in [0.15, 0.2) is 105 Å². The molecule has 2 unspecified atom stereocenters. The summed E-state index contributed by atoms with van der Waals surface area (Å²) in [7, 11) is -4.09. The SMILES string of the molecule is CN1Cc2c(Cl)cc(Cl)cc2C(c2ccc(S(=O)(=O)NCCOCCOCCN(OC(=O)C(F)(F)F)C(=O)c3cc(Br)cc(C(=O)N(CCOCCOCCNS(=O)(=O)c4ccc(C5CN(C)Cc6c(Cl)cc(Cl)cc65)cc4)OC(=O)C(F)(F)F)c3)cc2)C1. The number of nitrogens with one attached hydrogen (secondary N) is 2. The van der Waals surface area contributed by atoms with Crippen molar-refractivity contribution >= 4 is 106 Å². The first-order chi connectivity index (χ1) is 41.9. The van der Waals surface area contributed by atoms with Crippen molar-refractivity contribution in [2.24, 2.45) is 0 Å². The molecule has 5 aromatic rings. The van der Waals surface area contributed by atoms with Crippen LogP contribution in [0.25, 0.3) is 0 Å². The fraction of sp³-hybridized carbons (Fsp3) is 0.393. The summed E-state index contributed by atoms with van der Waals surface area (Å²) in [5.74, 6) is -8.86. The molecule has 0 bridgehead atoms. The van der Waals surface area contributed by atoms with Crippen LogP contribution in [0.2, 0.25) is 20.1 Å². The van der Waals surface area contributed by atoms with Gasteiger partial charge in [-0.2, -0.15) is 36.5 Å². The molecule has 484 valence electrons. The van der Waals surface area contributed by atoms with Gasteiger partial charge >= 0.3 is 24.3 Å². The van der Waals surface area contributed by atoms with E-state index in [4.69, 9.17) is 65.4 Å². The van der Waals surface area contributed by atoms with E-state index >= 15 is 0 Å². The molecule has 2 amide bonds. The maximum absolute atomic E-state index is 13.7. The number of benzene rings is 5. The number of carbonyl (C=O) groups excluding carboxylic acids is 4.